The van der Waals surface area contributed by atoms with Gasteiger partial charge in [0.2, 0.25) is 0 Å². The van der Waals surface area contributed by atoms with Crippen LogP contribution < -0.4 is 10.5 Å². The highest BCUT2D eigenvalue weighted by atomic mass is 32.1. The lowest BCUT2D eigenvalue weighted by Crippen LogP contribution is -2.50. The van der Waals surface area contributed by atoms with E-state index in [0.717, 1.165) is 42.0 Å². The number of nitrogens with zero attached hydrogens (tertiary/aromatic N) is 3. The van der Waals surface area contributed by atoms with Crippen LogP contribution in [0.5, 0.6) is 10.9 Å². The number of hydrogen-bond acceptors (Lipinski definition) is 5. The van der Waals surface area contributed by atoms with E-state index >= 15 is 0 Å². The molecule has 1 aromatic heterocycles. The summed E-state index contributed by atoms with van der Waals surface area (Å²) in [5.41, 5.74) is 7.64. The first kappa shape index (κ1) is 16.5. The van der Waals surface area contributed by atoms with E-state index in [2.05, 4.69) is 22.0 Å². The van der Waals surface area contributed by atoms with Crippen molar-refractivity contribution >= 4 is 27.6 Å². The van der Waals surface area contributed by atoms with Gasteiger partial charge in [0.15, 0.2) is 0 Å². The number of primary amides is 1. The van der Waals surface area contributed by atoms with Gasteiger partial charge in [0, 0.05) is 31.7 Å². The van der Waals surface area contributed by atoms with Crippen LogP contribution in [0.1, 0.15) is 12.0 Å². The Morgan fingerprint density at radius 1 is 1.15 bits per heavy atom. The van der Waals surface area contributed by atoms with Gasteiger partial charge in [0.05, 0.1) is 10.2 Å². The van der Waals surface area contributed by atoms with E-state index in [1.54, 1.807) is 16.2 Å². The smallest absolute Gasteiger partial charge is 0.315 e. The molecular weight excluding hydrogens is 360 g/mol. The minimum Gasteiger partial charge on any atom is -0.431 e. The highest BCUT2D eigenvalue weighted by Gasteiger charge is 2.44. The molecule has 2 saturated heterocycles. The molecule has 2 aliphatic heterocycles. The normalized spacial score (nSPS) is 21.9. The van der Waals surface area contributed by atoms with Gasteiger partial charge in [-0.3, -0.25) is 4.90 Å². The summed E-state index contributed by atoms with van der Waals surface area (Å²) in [6.07, 6.45) is 1.03. The first-order chi connectivity index (χ1) is 13.2. The lowest BCUT2D eigenvalue weighted by molar-refractivity contribution is 0.137. The van der Waals surface area contributed by atoms with Crippen LogP contribution in [0.4, 0.5) is 4.79 Å². The molecule has 2 atom stereocenters. The van der Waals surface area contributed by atoms with Gasteiger partial charge in [-0.2, -0.15) is 0 Å². The molecule has 0 spiro atoms. The van der Waals surface area contributed by atoms with Gasteiger partial charge in [0.25, 0.3) is 5.19 Å². The maximum Gasteiger partial charge on any atom is 0.315 e. The maximum absolute atomic E-state index is 11.4. The molecule has 2 aliphatic rings. The summed E-state index contributed by atoms with van der Waals surface area (Å²) in [6, 6.07) is 16.6. The van der Waals surface area contributed by atoms with Crippen molar-refractivity contribution in [2.75, 3.05) is 13.1 Å². The fraction of sp³-hybridized carbons (Fsp3) is 0.300. The Morgan fingerprint density at radius 2 is 1.96 bits per heavy atom. The summed E-state index contributed by atoms with van der Waals surface area (Å²) in [5, 5.41) is 0.660. The minimum absolute atomic E-state index is 0.272. The molecule has 0 unspecified atom stereocenters. The number of carbonyl (C=O) groups is 1. The van der Waals surface area contributed by atoms with Crippen LogP contribution in [0, 0.1) is 0 Å². The molecule has 27 heavy (non-hydrogen) atoms. The number of nitrogens with two attached hydrogens (primary N) is 1. The monoisotopic (exact) mass is 380 g/mol. The zero-order valence-electron chi connectivity index (χ0n) is 14.7. The number of piperazine rings is 1. The molecule has 3 heterocycles. The second kappa shape index (κ2) is 6.51. The lowest BCUT2D eigenvalue weighted by Gasteiger charge is -2.33. The summed E-state index contributed by atoms with van der Waals surface area (Å²) in [6.45, 7) is 2.53. The van der Waals surface area contributed by atoms with E-state index in [9.17, 15) is 4.79 Å². The molecule has 7 heteroatoms. The third-order valence-corrected chi connectivity index (χ3v) is 6.34. The third kappa shape index (κ3) is 3.13. The average molecular weight is 380 g/mol. The second-order valence-electron chi connectivity index (χ2n) is 7.16. The van der Waals surface area contributed by atoms with E-state index in [-0.39, 0.29) is 12.1 Å². The van der Waals surface area contributed by atoms with E-state index in [4.69, 9.17) is 10.5 Å². The number of hydrogen-bond donors (Lipinski definition) is 1. The predicted molar refractivity (Wildman–Crippen MR) is 105 cm³/mol. The number of aromatic nitrogens is 1. The lowest BCUT2D eigenvalue weighted by atomic mass is 10.2. The van der Waals surface area contributed by atoms with Crippen LogP contribution in [-0.4, -0.2) is 46.0 Å². The largest absolute Gasteiger partial charge is 0.431 e. The number of urea groups is 1. The molecule has 138 valence electrons. The molecule has 2 aromatic carbocycles. The van der Waals surface area contributed by atoms with Gasteiger partial charge in [-0.15, -0.1) is 0 Å². The van der Waals surface area contributed by atoms with Crippen LogP contribution in [0.15, 0.2) is 48.5 Å². The quantitative estimate of drug-likeness (QED) is 0.753. The van der Waals surface area contributed by atoms with Crippen LogP contribution in [-0.2, 0) is 6.54 Å². The Morgan fingerprint density at radius 3 is 2.67 bits per heavy atom. The summed E-state index contributed by atoms with van der Waals surface area (Å²) >= 11 is 1.55. The number of rotatable bonds is 4. The van der Waals surface area contributed by atoms with Crippen LogP contribution >= 0.6 is 11.3 Å². The summed E-state index contributed by atoms with van der Waals surface area (Å²) in [4.78, 5) is 20.2. The van der Waals surface area contributed by atoms with Crippen molar-refractivity contribution in [3.05, 3.63) is 54.1 Å². The number of benzene rings is 2. The van der Waals surface area contributed by atoms with Crippen LogP contribution in [0.2, 0.25) is 0 Å². The van der Waals surface area contributed by atoms with Gasteiger partial charge in [0.1, 0.15) is 5.75 Å². The molecule has 2 fully saturated rings. The molecule has 0 radical (unpaired) electrons. The minimum atomic E-state index is -0.293. The molecule has 2 amide bonds. The zero-order valence-corrected chi connectivity index (χ0v) is 15.6. The summed E-state index contributed by atoms with van der Waals surface area (Å²) in [7, 11) is 0. The topological polar surface area (TPSA) is 71.7 Å². The van der Waals surface area contributed by atoms with Crippen molar-refractivity contribution in [2.45, 2.75) is 25.0 Å². The number of ether oxygens (including phenoxy) is 1. The summed E-state index contributed by atoms with van der Waals surface area (Å²) in [5.74, 6) is 0.792. The van der Waals surface area contributed by atoms with E-state index in [1.807, 2.05) is 36.4 Å². The first-order valence-corrected chi connectivity index (χ1v) is 9.90. The standard InChI is InChI=1S/C20H20N4O2S/c21-19(25)24-12-14-9-15(24)11-23(14)10-13-5-7-16(8-6-13)26-20-22-17-3-1-2-4-18(17)27-20/h1-8,14-15H,9-12H2,(H2,21,25)/t14-,15-/m1/s1. The van der Waals surface area contributed by atoms with Gasteiger partial charge in [-0.25, -0.2) is 9.78 Å². The van der Waals surface area contributed by atoms with Crippen molar-refractivity contribution in [1.82, 2.24) is 14.8 Å². The highest BCUT2D eigenvalue weighted by Crippen LogP contribution is 2.33. The van der Waals surface area contributed by atoms with Crippen molar-refractivity contribution in [2.24, 2.45) is 5.73 Å². The van der Waals surface area contributed by atoms with Crippen molar-refractivity contribution in [3.8, 4) is 10.9 Å². The molecule has 5 rings (SSSR count). The van der Waals surface area contributed by atoms with Crippen molar-refractivity contribution in [3.63, 3.8) is 0 Å². The van der Waals surface area contributed by atoms with E-state index < -0.39 is 0 Å². The maximum atomic E-state index is 11.4. The summed E-state index contributed by atoms with van der Waals surface area (Å²) < 4.78 is 7.04. The SMILES string of the molecule is NC(=O)N1C[C@H]2C[C@@H]1CN2Cc1ccc(Oc2nc3ccccc3s2)cc1. The Kier molecular flexibility index (Phi) is 3.98. The van der Waals surface area contributed by atoms with Crippen LogP contribution in [0.25, 0.3) is 10.2 Å². The first-order valence-electron chi connectivity index (χ1n) is 9.08. The van der Waals surface area contributed by atoms with E-state index in [1.165, 1.54) is 5.56 Å². The Hall–Kier alpha value is -2.64. The number of fused-ring (bicyclic) bond motifs is 3. The Bertz CT molecular complexity index is 954. The third-order valence-electron chi connectivity index (χ3n) is 5.43. The van der Waals surface area contributed by atoms with Gasteiger partial charge in [-0.1, -0.05) is 35.6 Å². The van der Waals surface area contributed by atoms with Gasteiger partial charge >= 0.3 is 6.03 Å². The van der Waals surface area contributed by atoms with Crippen molar-refractivity contribution in [1.29, 1.82) is 0 Å². The molecule has 2 bridgehead atoms. The molecular formula is C20H20N4O2S. The predicted octanol–water partition coefficient (Wildman–Crippen LogP) is 3.43. The number of amides is 2. The molecule has 3 aromatic rings. The Labute approximate surface area is 161 Å². The average Bonchev–Trinajstić information content (AvgIpc) is 3.36. The van der Waals surface area contributed by atoms with E-state index in [0.29, 0.717) is 11.2 Å². The zero-order chi connectivity index (χ0) is 18.4. The molecule has 2 N–H and O–H groups in total. The molecule has 6 nitrogen and oxygen atoms in total. The number of likely N-dealkylation sites (tertiary alicyclic amines) is 2. The molecule has 0 aliphatic carbocycles. The Balaban J connectivity index is 1.23. The fourth-order valence-electron chi connectivity index (χ4n) is 4.11. The number of carbonyl (C=O) groups excluding carboxylic acids is 1. The number of thiazole rings is 1. The number of para-hydroxylation sites is 1. The second-order valence-corrected chi connectivity index (χ2v) is 8.15. The van der Waals surface area contributed by atoms with Gasteiger partial charge in [-0.05, 0) is 36.2 Å². The fourth-order valence-corrected chi connectivity index (χ4v) is 4.94. The molecule has 0 saturated carbocycles. The van der Waals surface area contributed by atoms with Crippen LogP contribution in [0.3, 0.4) is 0 Å². The van der Waals surface area contributed by atoms with Gasteiger partial charge < -0.3 is 15.4 Å². The van der Waals surface area contributed by atoms with Crippen molar-refractivity contribution < 1.29 is 9.53 Å². The highest BCUT2D eigenvalue weighted by molar-refractivity contribution is 7.20.